The van der Waals surface area contributed by atoms with Crippen LogP contribution in [-0.4, -0.2) is 37.5 Å². The Morgan fingerprint density at radius 3 is 2.56 bits per heavy atom. The fourth-order valence-corrected chi connectivity index (χ4v) is 5.33. The maximum Gasteiger partial charge on any atom is 0.263 e. The number of aryl methyl sites for hydroxylation is 1. The minimum absolute atomic E-state index is 0. The first-order valence-electron chi connectivity index (χ1n) is 9.44. The number of thiophene rings is 1. The van der Waals surface area contributed by atoms with Gasteiger partial charge in [0.25, 0.3) is 5.91 Å². The average molecular weight is 385 g/mol. The standard InChI is InChI=1S/C20H32N2OS.ClH/c1-20(2,3)16-5-6-17-15(11-16)12-18(24-17)19(23)22-9-7-14(8-10-22)13-21-4;/h12,14,16,21H,5-11,13H2,1-4H3;1H. The smallest absolute Gasteiger partial charge is 0.263 e. The van der Waals surface area contributed by atoms with E-state index in [-0.39, 0.29) is 18.3 Å². The van der Waals surface area contributed by atoms with E-state index in [1.165, 1.54) is 16.9 Å². The number of hydrogen-bond donors (Lipinski definition) is 1. The predicted octanol–water partition coefficient (Wildman–Crippen LogP) is 4.39. The van der Waals surface area contributed by atoms with Crippen molar-refractivity contribution >= 4 is 29.7 Å². The first kappa shape index (κ1) is 20.7. The molecule has 1 aromatic heterocycles. The molecule has 0 radical (unpaired) electrons. The van der Waals surface area contributed by atoms with E-state index in [1.807, 2.05) is 7.05 Å². The second-order valence-electron chi connectivity index (χ2n) is 8.66. The fraction of sp³-hybridized carbons (Fsp3) is 0.750. The molecule has 0 bridgehead atoms. The third kappa shape index (κ3) is 4.78. The van der Waals surface area contributed by atoms with Crippen LogP contribution in [0.25, 0.3) is 0 Å². The molecule has 0 spiro atoms. The number of likely N-dealkylation sites (tertiary alicyclic amines) is 1. The topological polar surface area (TPSA) is 32.3 Å². The molecule has 1 aliphatic carbocycles. The molecule has 1 saturated heterocycles. The Kier molecular flexibility index (Phi) is 6.97. The van der Waals surface area contributed by atoms with Crippen molar-refractivity contribution in [2.75, 3.05) is 26.7 Å². The van der Waals surface area contributed by atoms with E-state index in [0.717, 1.165) is 62.0 Å². The monoisotopic (exact) mass is 384 g/mol. The normalized spacial score (nSPS) is 21.6. The van der Waals surface area contributed by atoms with Crippen LogP contribution in [0.1, 0.15) is 60.1 Å². The van der Waals surface area contributed by atoms with Crippen LogP contribution in [0.2, 0.25) is 0 Å². The van der Waals surface area contributed by atoms with Crippen LogP contribution in [-0.2, 0) is 12.8 Å². The Labute approximate surface area is 163 Å². The SMILES string of the molecule is CNCC1CCN(C(=O)c2cc3c(s2)CCC(C(C)(C)C)C3)CC1.Cl. The number of fused-ring (bicyclic) bond motifs is 1. The molecule has 142 valence electrons. The lowest BCUT2D eigenvalue weighted by atomic mass is 9.72. The van der Waals surface area contributed by atoms with Crippen LogP contribution < -0.4 is 5.32 Å². The number of nitrogens with one attached hydrogen (secondary N) is 1. The summed E-state index contributed by atoms with van der Waals surface area (Å²) in [6, 6.07) is 2.21. The van der Waals surface area contributed by atoms with Crippen molar-refractivity contribution in [1.82, 2.24) is 10.2 Å². The molecule has 5 heteroatoms. The zero-order chi connectivity index (χ0) is 17.3. The van der Waals surface area contributed by atoms with Gasteiger partial charge in [-0.25, -0.2) is 0 Å². The van der Waals surface area contributed by atoms with Crippen molar-refractivity contribution in [3.8, 4) is 0 Å². The summed E-state index contributed by atoms with van der Waals surface area (Å²) in [5, 5.41) is 3.26. The van der Waals surface area contributed by atoms with E-state index in [9.17, 15) is 4.79 Å². The summed E-state index contributed by atoms with van der Waals surface area (Å²) in [5.74, 6) is 1.73. The van der Waals surface area contributed by atoms with Crippen molar-refractivity contribution in [2.24, 2.45) is 17.3 Å². The number of nitrogens with zero attached hydrogens (tertiary/aromatic N) is 1. The number of carbonyl (C=O) groups excluding carboxylic acids is 1. The van der Waals surface area contributed by atoms with Gasteiger partial charge in [0.1, 0.15) is 0 Å². The Morgan fingerprint density at radius 2 is 1.96 bits per heavy atom. The van der Waals surface area contributed by atoms with Crippen molar-refractivity contribution in [3.63, 3.8) is 0 Å². The van der Waals surface area contributed by atoms with Gasteiger partial charge in [0.15, 0.2) is 0 Å². The average Bonchev–Trinajstić information content (AvgIpc) is 2.97. The Hall–Kier alpha value is -0.580. The van der Waals surface area contributed by atoms with E-state index in [2.05, 4.69) is 37.1 Å². The molecule has 0 saturated carbocycles. The van der Waals surface area contributed by atoms with Crippen LogP contribution in [0.4, 0.5) is 0 Å². The number of hydrogen-bond acceptors (Lipinski definition) is 3. The number of rotatable bonds is 3. The summed E-state index contributed by atoms with van der Waals surface area (Å²) in [6.07, 6.45) is 5.82. The lowest BCUT2D eigenvalue weighted by Gasteiger charge is -2.33. The molecule has 1 amide bonds. The number of piperidine rings is 1. The van der Waals surface area contributed by atoms with E-state index >= 15 is 0 Å². The van der Waals surface area contributed by atoms with Crippen molar-refractivity contribution in [2.45, 2.75) is 52.9 Å². The van der Waals surface area contributed by atoms with Gasteiger partial charge in [-0.05, 0) is 74.6 Å². The van der Waals surface area contributed by atoms with E-state index < -0.39 is 0 Å². The Balaban J connectivity index is 0.00000225. The number of halogens is 1. The molecular formula is C20H33ClN2OS. The third-order valence-electron chi connectivity index (χ3n) is 5.91. The Bertz CT molecular complexity index is 585. The van der Waals surface area contributed by atoms with Gasteiger partial charge in [0, 0.05) is 18.0 Å². The highest BCUT2D eigenvalue weighted by Gasteiger charge is 2.31. The van der Waals surface area contributed by atoms with Crippen molar-refractivity contribution in [1.29, 1.82) is 0 Å². The molecule has 2 heterocycles. The molecule has 1 fully saturated rings. The maximum absolute atomic E-state index is 12.9. The molecule has 2 aliphatic rings. The first-order chi connectivity index (χ1) is 11.4. The third-order valence-corrected chi connectivity index (χ3v) is 7.14. The molecule has 1 unspecified atom stereocenters. The highest BCUT2D eigenvalue weighted by Crippen LogP contribution is 2.40. The fourth-order valence-electron chi connectivity index (χ4n) is 4.15. The maximum atomic E-state index is 12.9. The van der Waals surface area contributed by atoms with E-state index in [4.69, 9.17) is 0 Å². The molecule has 1 atom stereocenters. The number of amides is 1. The zero-order valence-corrected chi connectivity index (χ0v) is 17.7. The summed E-state index contributed by atoms with van der Waals surface area (Å²) in [5.41, 5.74) is 1.80. The summed E-state index contributed by atoms with van der Waals surface area (Å²) < 4.78 is 0. The van der Waals surface area contributed by atoms with E-state index in [1.54, 1.807) is 11.3 Å². The van der Waals surface area contributed by atoms with Gasteiger partial charge in [0.2, 0.25) is 0 Å². The van der Waals surface area contributed by atoms with Crippen molar-refractivity contribution in [3.05, 3.63) is 21.4 Å². The van der Waals surface area contributed by atoms with Crippen LogP contribution in [0.15, 0.2) is 6.07 Å². The summed E-state index contributed by atoms with van der Waals surface area (Å²) >= 11 is 1.76. The number of carbonyl (C=O) groups is 1. The van der Waals surface area contributed by atoms with Crippen LogP contribution in [0, 0.1) is 17.3 Å². The van der Waals surface area contributed by atoms with Crippen LogP contribution >= 0.6 is 23.7 Å². The molecule has 1 aliphatic heterocycles. The summed E-state index contributed by atoms with van der Waals surface area (Å²) in [6.45, 7) is 9.93. The van der Waals surface area contributed by atoms with Gasteiger partial charge in [-0.15, -0.1) is 23.7 Å². The van der Waals surface area contributed by atoms with E-state index in [0.29, 0.717) is 5.41 Å². The lowest BCUT2D eigenvalue weighted by Crippen LogP contribution is -2.40. The molecular weight excluding hydrogens is 352 g/mol. The van der Waals surface area contributed by atoms with Gasteiger partial charge in [0.05, 0.1) is 4.88 Å². The van der Waals surface area contributed by atoms with Crippen LogP contribution in [0.3, 0.4) is 0 Å². The van der Waals surface area contributed by atoms with Gasteiger partial charge in [-0.3, -0.25) is 4.79 Å². The zero-order valence-electron chi connectivity index (χ0n) is 16.1. The minimum atomic E-state index is 0. The van der Waals surface area contributed by atoms with Gasteiger partial charge < -0.3 is 10.2 Å². The summed E-state index contributed by atoms with van der Waals surface area (Å²) in [7, 11) is 2.01. The molecule has 25 heavy (non-hydrogen) atoms. The first-order valence-corrected chi connectivity index (χ1v) is 10.3. The molecule has 0 aromatic carbocycles. The van der Waals surface area contributed by atoms with Gasteiger partial charge in [-0.1, -0.05) is 20.8 Å². The highest BCUT2D eigenvalue weighted by atomic mass is 35.5. The largest absolute Gasteiger partial charge is 0.338 e. The second-order valence-corrected chi connectivity index (χ2v) is 9.79. The van der Waals surface area contributed by atoms with Crippen LogP contribution in [0.5, 0.6) is 0 Å². The quantitative estimate of drug-likeness (QED) is 0.837. The van der Waals surface area contributed by atoms with Gasteiger partial charge in [-0.2, -0.15) is 0 Å². The molecule has 1 N–H and O–H groups in total. The predicted molar refractivity (Wildman–Crippen MR) is 109 cm³/mol. The van der Waals surface area contributed by atoms with Crippen molar-refractivity contribution < 1.29 is 4.79 Å². The Morgan fingerprint density at radius 1 is 1.28 bits per heavy atom. The lowest BCUT2D eigenvalue weighted by molar-refractivity contribution is 0.0696. The molecule has 3 rings (SSSR count). The second kappa shape index (κ2) is 8.41. The minimum Gasteiger partial charge on any atom is -0.338 e. The highest BCUT2D eigenvalue weighted by molar-refractivity contribution is 7.14. The molecule has 1 aromatic rings. The summed E-state index contributed by atoms with van der Waals surface area (Å²) in [4.78, 5) is 17.4. The van der Waals surface area contributed by atoms with Gasteiger partial charge >= 0.3 is 0 Å². The molecule has 3 nitrogen and oxygen atoms in total.